The van der Waals surface area contributed by atoms with E-state index in [1.54, 1.807) is 0 Å². The van der Waals surface area contributed by atoms with Crippen molar-refractivity contribution >= 4 is 43.6 Å². The SMILES string of the molecule is c1ccc(-c2ccc(-n3c4ccncc4c4cc(-c5ccc6c7ccccc7n(-c7ccc(-c8ccccc8)cc7)c6c5)ccc43)cc2)cc1. The summed E-state index contributed by atoms with van der Waals surface area (Å²) in [4.78, 5) is 4.55. The molecule has 3 aromatic heterocycles. The number of nitrogens with zero attached hydrogens (tertiary/aromatic N) is 3. The first-order chi connectivity index (χ1) is 24.8. The fourth-order valence-corrected chi connectivity index (χ4v) is 7.62. The van der Waals surface area contributed by atoms with Gasteiger partial charge in [-0.3, -0.25) is 4.98 Å². The van der Waals surface area contributed by atoms with Crippen molar-refractivity contribution in [3.63, 3.8) is 0 Å². The monoisotopic (exact) mass is 637 g/mol. The molecule has 0 aliphatic heterocycles. The molecule has 0 saturated carbocycles. The standard InChI is InChI=1S/C47H31N3/c1-3-9-32(10-4-1)34-15-21-38(22-16-34)49-45-26-20-36(29-42(45)43-31-48-28-27-46(43)49)37-19-25-41-40-13-7-8-14-44(40)50(47(41)30-37)39-23-17-35(18-24-39)33-11-5-2-6-12-33/h1-31H. The highest BCUT2D eigenvalue weighted by atomic mass is 15.0. The lowest BCUT2D eigenvalue weighted by atomic mass is 10.0. The van der Waals surface area contributed by atoms with E-state index in [0.717, 1.165) is 27.8 Å². The zero-order valence-electron chi connectivity index (χ0n) is 27.2. The van der Waals surface area contributed by atoms with Crippen molar-refractivity contribution in [2.75, 3.05) is 0 Å². The number of benzene rings is 7. The van der Waals surface area contributed by atoms with Gasteiger partial charge in [-0.2, -0.15) is 0 Å². The van der Waals surface area contributed by atoms with Crippen molar-refractivity contribution in [3.8, 4) is 44.8 Å². The van der Waals surface area contributed by atoms with Crippen LogP contribution in [0.4, 0.5) is 0 Å². The lowest BCUT2D eigenvalue weighted by Crippen LogP contribution is -1.94. The van der Waals surface area contributed by atoms with E-state index >= 15 is 0 Å². The summed E-state index contributed by atoms with van der Waals surface area (Å²) >= 11 is 0. The topological polar surface area (TPSA) is 22.8 Å². The van der Waals surface area contributed by atoms with E-state index in [-0.39, 0.29) is 0 Å². The van der Waals surface area contributed by atoms with Gasteiger partial charge < -0.3 is 9.13 Å². The molecule has 234 valence electrons. The third kappa shape index (κ3) is 4.56. The second-order valence-electron chi connectivity index (χ2n) is 12.9. The molecular weight excluding hydrogens is 607 g/mol. The summed E-state index contributed by atoms with van der Waals surface area (Å²) in [6, 6.07) is 63.4. The Balaban J connectivity index is 1.10. The Morgan fingerprint density at radius 1 is 0.300 bits per heavy atom. The van der Waals surface area contributed by atoms with Crippen LogP contribution in [-0.2, 0) is 0 Å². The molecule has 10 rings (SSSR count). The van der Waals surface area contributed by atoms with Gasteiger partial charge in [0.25, 0.3) is 0 Å². The molecule has 0 unspecified atom stereocenters. The second-order valence-corrected chi connectivity index (χ2v) is 12.9. The van der Waals surface area contributed by atoms with Crippen molar-refractivity contribution in [1.82, 2.24) is 14.1 Å². The number of fused-ring (bicyclic) bond motifs is 6. The maximum Gasteiger partial charge on any atom is 0.0571 e. The van der Waals surface area contributed by atoms with Crippen LogP contribution in [0.15, 0.2) is 188 Å². The number of hydrogen-bond acceptors (Lipinski definition) is 1. The van der Waals surface area contributed by atoms with Gasteiger partial charge in [-0.05, 0) is 88.0 Å². The van der Waals surface area contributed by atoms with E-state index in [2.05, 4.69) is 190 Å². The fourth-order valence-electron chi connectivity index (χ4n) is 7.62. The first kappa shape index (κ1) is 28.3. The van der Waals surface area contributed by atoms with Crippen molar-refractivity contribution in [3.05, 3.63) is 188 Å². The third-order valence-corrected chi connectivity index (χ3v) is 10.0. The van der Waals surface area contributed by atoms with Gasteiger partial charge in [0.05, 0.1) is 22.1 Å². The average Bonchev–Trinajstić information content (AvgIpc) is 3.71. The summed E-state index contributed by atoms with van der Waals surface area (Å²) in [5.74, 6) is 0. The Kier molecular flexibility index (Phi) is 6.49. The Hall–Kier alpha value is -6.71. The molecular formula is C47H31N3. The highest BCUT2D eigenvalue weighted by Gasteiger charge is 2.16. The van der Waals surface area contributed by atoms with E-state index in [0.29, 0.717) is 0 Å². The molecule has 10 aromatic rings. The van der Waals surface area contributed by atoms with Crippen LogP contribution in [0, 0.1) is 0 Å². The lowest BCUT2D eigenvalue weighted by Gasteiger charge is -2.11. The summed E-state index contributed by atoms with van der Waals surface area (Å²) in [7, 11) is 0. The van der Waals surface area contributed by atoms with Gasteiger partial charge in [-0.1, -0.05) is 121 Å². The maximum atomic E-state index is 4.55. The van der Waals surface area contributed by atoms with E-state index in [9.17, 15) is 0 Å². The third-order valence-electron chi connectivity index (χ3n) is 10.0. The van der Waals surface area contributed by atoms with Crippen molar-refractivity contribution < 1.29 is 0 Å². The van der Waals surface area contributed by atoms with Gasteiger partial charge in [-0.15, -0.1) is 0 Å². The van der Waals surface area contributed by atoms with Gasteiger partial charge in [0, 0.05) is 45.3 Å². The van der Waals surface area contributed by atoms with Crippen LogP contribution in [0.5, 0.6) is 0 Å². The fraction of sp³-hybridized carbons (Fsp3) is 0. The second kappa shape index (κ2) is 11.5. The zero-order chi connectivity index (χ0) is 33.0. The highest BCUT2D eigenvalue weighted by molar-refractivity contribution is 6.12. The number of hydrogen-bond donors (Lipinski definition) is 0. The molecule has 0 N–H and O–H groups in total. The van der Waals surface area contributed by atoms with Crippen molar-refractivity contribution in [2.45, 2.75) is 0 Å². The van der Waals surface area contributed by atoms with Crippen molar-refractivity contribution in [1.29, 1.82) is 0 Å². The zero-order valence-corrected chi connectivity index (χ0v) is 27.2. The van der Waals surface area contributed by atoms with Crippen LogP contribution in [0.3, 0.4) is 0 Å². The summed E-state index contributed by atoms with van der Waals surface area (Å²) in [6.07, 6.45) is 3.88. The first-order valence-corrected chi connectivity index (χ1v) is 17.0. The normalized spacial score (nSPS) is 11.6. The van der Waals surface area contributed by atoms with E-state index in [1.807, 2.05) is 12.4 Å². The van der Waals surface area contributed by atoms with Gasteiger partial charge in [0.1, 0.15) is 0 Å². The molecule has 0 saturated heterocycles. The molecule has 0 spiro atoms. The minimum atomic E-state index is 1.13. The maximum absolute atomic E-state index is 4.55. The Labute approximate surface area is 290 Å². The molecule has 0 bridgehead atoms. The van der Waals surface area contributed by atoms with Crippen LogP contribution in [0.25, 0.3) is 88.4 Å². The molecule has 3 heteroatoms. The van der Waals surface area contributed by atoms with Crippen molar-refractivity contribution in [2.24, 2.45) is 0 Å². The molecule has 0 atom stereocenters. The summed E-state index contributed by atoms with van der Waals surface area (Å²) in [6.45, 7) is 0. The summed E-state index contributed by atoms with van der Waals surface area (Å²) in [5, 5.41) is 4.83. The lowest BCUT2D eigenvalue weighted by molar-refractivity contribution is 1.17. The Morgan fingerprint density at radius 2 is 0.780 bits per heavy atom. The molecule has 3 heterocycles. The summed E-state index contributed by atoms with van der Waals surface area (Å²) in [5.41, 5.74) is 14.2. The average molecular weight is 638 g/mol. The van der Waals surface area contributed by atoms with Gasteiger partial charge in [0.15, 0.2) is 0 Å². The minimum absolute atomic E-state index is 1.13. The van der Waals surface area contributed by atoms with E-state index in [1.165, 1.54) is 60.6 Å². The summed E-state index contributed by atoms with van der Waals surface area (Å²) < 4.78 is 4.75. The van der Waals surface area contributed by atoms with Gasteiger partial charge in [0.2, 0.25) is 0 Å². The predicted molar refractivity (Wildman–Crippen MR) is 209 cm³/mol. The van der Waals surface area contributed by atoms with Crippen LogP contribution in [-0.4, -0.2) is 14.1 Å². The molecule has 0 radical (unpaired) electrons. The van der Waals surface area contributed by atoms with E-state index < -0.39 is 0 Å². The molecule has 7 aromatic carbocycles. The van der Waals surface area contributed by atoms with Crippen LogP contribution < -0.4 is 0 Å². The number of rotatable bonds is 5. The first-order valence-electron chi connectivity index (χ1n) is 17.0. The predicted octanol–water partition coefficient (Wildman–Crippen LogP) is 12.3. The Morgan fingerprint density at radius 3 is 1.46 bits per heavy atom. The van der Waals surface area contributed by atoms with E-state index in [4.69, 9.17) is 0 Å². The highest BCUT2D eigenvalue weighted by Crippen LogP contribution is 2.38. The van der Waals surface area contributed by atoms with Crippen LogP contribution in [0.2, 0.25) is 0 Å². The molecule has 50 heavy (non-hydrogen) atoms. The largest absolute Gasteiger partial charge is 0.309 e. The van der Waals surface area contributed by atoms with Crippen LogP contribution >= 0.6 is 0 Å². The molecule has 3 nitrogen and oxygen atoms in total. The molecule has 0 fully saturated rings. The van der Waals surface area contributed by atoms with Gasteiger partial charge >= 0.3 is 0 Å². The minimum Gasteiger partial charge on any atom is -0.309 e. The quantitative estimate of drug-likeness (QED) is 0.184. The molecule has 0 amide bonds. The number of pyridine rings is 1. The number of aromatic nitrogens is 3. The smallest absolute Gasteiger partial charge is 0.0571 e. The molecule has 0 aliphatic rings. The number of para-hydroxylation sites is 1. The van der Waals surface area contributed by atoms with Gasteiger partial charge in [-0.25, -0.2) is 0 Å². The van der Waals surface area contributed by atoms with Crippen LogP contribution in [0.1, 0.15) is 0 Å². The molecule has 0 aliphatic carbocycles. The Bertz CT molecular complexity index is 2830.